The summed E-state index contributed by atoms with van der Waals surface area (Å²) in [5, 5.41) is 8.81. The number of imidazole rings is 1. The molecule has 0 spiro atoms. The van der Waals surface area contributed by atoms with Crippen molar-refractivity contribution in [3.8, 4) is 17.5 Å². The fraction of sp³-hybridized carbons (Fsp3) is 0. The lowest BCUT2D eigenvalue weighted by Gasteiger charge is -2.01. The Morgan fingerprint density at radius 2 is 2.00 bits per heavy atom. The summed E-state index contributed by atoms with van der Waals surface area (Å²) in [6.45, 7) is 0. The minimum atomic E-state index is 0.548. The van der Waals surface area contributed by atoms with E-state index in [0.29, 0.717) is 11.3 Å². The molecule has 0 aliphatic heterocycles. The van der Waals surface area contributed by atoms with Gasteiger partial charge in [0.2, 0.25) is 0 Å². The molecule has 86 valence electrons. The number of aromatic amines is 1. The van der Waals surface area contributed by atoms with Crippen LogP contribution in [0.5, 0.6) is 0 Å². The maximum Gasteiger partial charge on any atom is 0.140 e. The molecule has 0 atom stereocenters. The minimum Gasteiger partial charge on any atom is -0.398 e. The van der Waals surface area contributed by atoms with E-state index in [-0.39, 0.29) is 0 Å². The predicted octanol–water partition coefficient (Wildman–Crippen LogP) is 2.68. The van der Waals surface area contributed by atoms with Crippen LogP contribution in [0.25, 0.3) is 22.4 Å². The Kier molecular flexibility index (Phi) is 2.24. The van der Waals surface area contributed by atoms with Crippen molar-refractivity contribution >= 4 is 16.7 Å². The molecule has 4 nitrogen and oxygen atoms in total. The van der Waals surface area contributed by atoms with Crippen molar-refractivity contribution in [2.75, 3.05) is 5.73 Å². The second-order valence-electron chi connectivity index (χ2n) is 4.02. The van der Waals surface area contributed by atoms with Crippen molar-refractivity contribution in [3.05, 3.63) is 48.0 Å². The summed E-state index contributed by atoms with van der Waals surface area (Å²) >= 11 is 0. The summed E-state index contributed by atoms with van der Waals surface area (Å²) in [6.07, 6.45) is 0. The predicted molar refractivity (Wildman–Crippen MR) is 70.7 cm³/mol. The summed E-state index contributed by atoms with van der Waals surface area (Å²) in [6, 6.07) is 15.1. The van der Waals surface area contributed by atoms with Crippen LogP contribution in [0.3, 0.4) is 0 Å². The van der Waals surface area contributed by atoms with Gasteiger partial charge < -0.3 is 10.7 Å². The maximum absolute atomic E-state index is 8.81. The van der Waals surface area contributed by atoms with Crippen molar-refractivity contribution in [1.29, 1.82) is 5.26 Å². The first-order chi connectivity index (χ1) is 8.78. The van der Waals surface area contributed by atoms with Crippen molar-refractivity contribution in [1.82, 2.24) is 9.97 Å². The fourth-order valence-electron chi connectivity index (χ4n) is 1.93. The molecule has 0 radical (unpaired) electrons. The molecule has 3 aromatic rings. The zero-order chi connectivity index (χ0) is 12.5. The first-order valence-electron chi connectivity index (χ1n) is 5.52. The Hall–Kier alpha value is -2.80. The van der Waals surface area contributed by atoms with Crippen LogP contribution in [-0.4, -0.2) is 9.97 Å². The van der Waals surface area contributed by atoms with Crippen molar-refractivity contribution < 1.29 is 0 Å². The van der Waals surface area contributed by atoms with E-state index in [0.717, 1.165) is 22.4 Å². The second-order valence-corrected chi connectivity index (χ2v) is 4.02. The molecular weight excluding hydrogens is 224 g/mol. The summed E-state index contributed by atoms with van der Waals surface area (Å²) in [5.74, 6) is 0.721. The highest BCUT2D eigenvalue weighted by atomic mass is 14.9. The standard InChI is InChI=1S/C14H10N4/c15-8-9-5-6-10(11(16)7-9)14-17-12-3-1-2-4-13(12)18-14/h1-7H,16H2,(H,17,18). The zero-order valence-corrected chi connectivity index (χ0v) is 9.51. The molecule has 1 aromatic heterocycles. The van der Waals surface area contributed by atoms with E-state index in [1.807, 2.05) is 30.3 Å². The summed E-state index contributed by atoms with van der Waals surface area (Å²) in [5.41, 5.74) is 9.72. The normalized spacial score (nSPS) is 10.4. The SMILES string of the molecule is N#Cc1ccc(-c2nc3ccccc3[nH]2)c(N)c1. The highest BCUT2D eigenvalue weighted by Crippen LogP contribution is 2.26. The largest absolute Gasteiger partial charge is 0.398 e. The number of H-pyrrole nitrogens is 1. The number of benzene rings is 2. The van der Waals surface area contributed by atoms with E-state index in [1.165, 1.54) is 0 Å². The third kappa shape index (κ3) is 1.59. The highest BCUT2D eigenvalue weighted by molar-refractivity contribution is 5.82. The Balaban J connectivity index is 2.17. The fourth-order valence-corrected chi connectivity index (χ4v) is 1.93. The van der Waals surface area contributed by atoms with E-state index in [2.05, 4.69) is 16.0 Å². The van der Waals surface area contributed by atoms with Gasteiger partial charge >= 0.3 is 0 Å². The Morgan fingerprint density at radius 3 is 2.72 bits per heavy atom. The topological polar surface area (TPSA) is 78.5 Å². The number of para-hydroxylation sites is 2. The molecule has 4 heteroatoms. The van der Waals surface area contributed by atoms with Gasteiger partial charge in [-0.05, 0) is 30.3 Å². The third-order valence-electron chi connectivity index (χ3n) is 2.83. The van der Waals surface area contributed by atoms with E-state index in [4.69, 9.17) is 11.0 Å². The smallest absolute Gasteiger partial charge is 0.140 e. The van der Waals surface area contributed by atoms with Crippen LogP contribution in [0, 0.1) is 11.3 Å². The Bertz CT molecular complexity index is 732. The van der Waals surface area contributed by atoms with Gasteiger partial charge in [0.15, 0.2) is 0 Å². The zero-order valence-electron chi connectivity index (χ0n) is 9.51. The Morgan fingerprint density at radius 1 is 1.17 bits per heavy atom. The molecule has 1 heterocycles. The Labute approximate surface area is 104 Å². The molecule has 0 fully saturated rings. The molecule has 0 aliphatic carbocycles. The molecule has 0 bridgehead atoms. The molecular formula is C14H10N4. The van der Waals surface area contributed by atoms with Gasteiger partial charge in [0.05, 0.1) is 22.7 Å². The molecule has 0 saturated heterocycles. The molecule has 0 saturated carbocycles. The summed E-state index contributed by atoms with van der Waals surface area (Å²) < 4.78 is 0. The molecule has 2 aromatic carbocycles. The monoisotopic (exact) mass is 234 g/mol. The number of hydrogen-bond acceptors (Lipinski definition) is 3. The van der Waals surface area contributed by atoms with Crippen LogP contribution in [0.4, 0.5) is 5.69 Å². The average Bonchev–Trinajstić information content (AvgIpc) is 2.81. The maximum atomic E-state index is 8.81. The number of nitrogen functional groups attached to an aromatic ring is 1. The van der Waals surface area contributed by atoms with Gasteiger partial charge in [-0.25, -0.2) is 4.98 Å². The van der Waals surface area contributed by atoms with Gasteiger partial charge in [0, 0.05) is 11.3 Å². The van der Waals surface area contributed by atoms with Crippen molar-refractivity contribution in [3.63, 3.8) is 0 Å². The van der Waals surface area contributed by atoms with E-state index in [1.54, 1.807) is 12.1 Å². The number of nitrogens with zero attached hydrogens (tertiary/aromatic N) is 2. The lowest BCUT2D eigenvalue weighted by molar-refractivity contribution is 1.33. The van der Waals surface area contributed by atoms with Gasteiger partial charge in [-0.2, -0.15) is 5.26 Å². The van der Waals surface area contributed by atoms with Gasteiger partial charge in [-0.1, -0.05) is 12.1 Å². The molecule has 0 aliphatic rings. The highest BCUT2D eigenvalue weighted by Gasteiger charge is 2.08. The minimum absolute atomic E-state index is 0.548. The number of nitrogens with one attached hydrogen (secondary N) is 1. The van der Waals surface area contributed by atoms with Gasteiger partial charge in [-0.3, -0.25) is 0 Å². The number of fused-ring (bicyclic) bond motifs is 1. The van der Waals surface area contributed by atoms with Gasteiger partial charge in [0.1, 0.15) is 5.82 Å². The van der Waals surface area contributed by atoms with Gasteiger partial charge in [0.25, 0.3) is 0 Å². The van der Waals surface area contributed by atoms with E-state index >= 15 is 0 Å². The van der Waals surface area contributed by atoms with Crippen molar-refractivity contribution in [2.45, 2.75) is 0 Å². The summed E-state index contributed by atoms with van der Waals surface area (Å²) in [4.78, 5) is 7.70. The van der Waals surface area contributed by atoms with E-state index in [9.17, 15) is 0 Å². The van der Waals surface area contributed by atoms with Crippen LogP contribution in [0.2, 0.25) is 0 Å². The second kappa shape index (κ2) is 3.90. The number of rotatable bonds is 1. The van der Waals surface area contributed by atoms with Crippen LogP contribution in [-0.2, 0) is 0 Å². The average molecular weight is 234 g/mol. The quantitative estimate of drug-likeness (QED) is 0.635. The molecule has 3 N–H and O–H groups in total. The summed E-state index contributed by atoms with van der Waals surface area (Å²) in [7, 11) is 0. The van der Waals surface area contributed by atoms with Crippen molar-refractivity contribution in [2.24, 2.45) is 0 Å². The number of nitrogens with two attached hydrogens (primary N) is 1. The van der Waals surface area contributed by atoms with E-state index < -0.39 is 0 Å². The van der Waals surface area contributed by atoms with Gasteiger partial charge in [-0.15, -0.1) is 0 Å². The third-order valence-corrected chi connectivity index (χ3v) is 2.83. The number of aromatic nitrogens is 2. The first-order valence-corrected chi connectivity index (χ1v) is 5.52. The first kappa shape index (κ1) is 10.4. The lowest BCUT2D eigenvalue weighted by atomic mass is 10.1. The van der Waals surface area contributed by atoms with Crippen LogP contribution in [0.15, 0.2) is 42.5 Å². The van der Waals surface area contributed by atoms with Crippen LogP contribution < -0.4 is 5.73 Å². The van der Waals surface area contributed by atoms with Crippen LogP contribution >= 0.6 is 0 Å². The number of anilines is 1. The number of nitriles is 1. The molecule has 0 amide bonds. The molecule has 3 rings (SSSR count). The molecule has 0 unspecified atom stereocenters. The number of hydrogen-bond donors (Lipinski definition) is 2. The molecule has 18 heavy (non-hydrogen) atoms. The lowest BCUT2D eigenvalue weighted by Crippen LogP contribution is -1.92. The van der Waals surface area contributed by atoms with Crippen LogP contribution in [0.1, 0.15) is 5.56 Å².